The van der Waals surface area contributed by atoms with E-state index < -0.39 is 0 Å². The zero-order chi connectivity index (χ0) is 15.8. The molecule has 0 spiro atoms. The standard InChI is InChI=1S/C16H30N4O/c1-11-13(7-8-21-11)20(6)14(9-17)12-10-19(5)18-15(12)16(2,3)4/h10-11,13-14H,7-9,17H2,1-6H3. The van der Waals surface area contributed by atoms with E-state index in [1.165, 1.54) is 5.56 Å². The molecule has 0 bridgehead atoms. The van der Waals surface area contributed by atoms with E-state index in [0.717, 1.165) is 18.7 Å². The maximum atomic E-state index is 6.12. The summed E-state index contributed by atoms with van der Waals surface area (Å²) in [6.07, 6.45) is 3.45. The van der Waals surface area contributed by atoms with Gasteiger partial charge in [-0.25, -0.2) is 0 Å². The SMILES string of the molecule is CC1OCCC1N(C)C(CN)c1cn(C)nc1C(C)(C)C. The average molecular weight is 294 g/mol. The Kier molecular flexibility index (Phi) is 4.76. The van der Waals surface area contributed by atoms with Gasteiger partial charge in [-0.1, -0.05) is 20.8 Å². The molecule has 120 valence electrons. The van der Waals surface area contributed by atoms with Crippen molar-refractivity contribution in [2.75, 3.05) is 20.2 Å². The molecule has 21 heavy (non-hydrogen) atoms. The third-order valence-corrected chi connectivity index (χ3v) is 4.50. The van der Waals surface area contributed by atoms with Crippen LogP contribution in [0.4, 0.5) is 0 Å². The molecular formula is C16H30N4O. The second kappa shape index (κ2) is 6.07. The summed E-state index contributed by atoms with van der Waals surface area (Å²) in [5, 5.41) is 4.68. The van der Waals surface area contributed by atoms with E-state index >= 15 is 0 Å². The first-order chi connectivity index (χ1) is 9.75. The lowest BCUT2D eigenvalue weighted by Gasteiger charge is -2.34. The number of aromatic nitrogens is 2. The van der Waals surface area contributed by atoms with Crippen LogP contribution in [-0.4, -0.2) is 47.0 Å². The van der Waals surface area contributed by atoms with Crippen molar-refractivity contribution in [3.63, 3.8) is 0 Å². The largest absolute Gasteiger partial charge is 0.377 e. The third-order valence-electron chi connectivity index (χ3n) is 4.50. The van der Waals surface area contributed by atoms with Crippen LogP contribution in [0, 0.1) is 0 Å². The summed E-state index contributed by atoms with van der Waals surface area (Å²) in [6, 6.07) is 0.605. The zero-order valence-corrected chi connectivity index (χ0v) is 14.3. The molecule has 2 heterocycles. The van der Waals surface area contributed by atoms with Gasteiger partial charge in [0.15, 0.2) is 0 Å². The molecule has 1 saturated heterocycles. The normalized spacial score (nSPS) is 24.8. The maximum Gasteiger partial charge on any atom is 0.0726 e. The molecule has 1 aliphatic heterocycles. The Balaban J connectivity index is 2.33. The van der Waals surface area contributed by atoms with Crippen LogP contribution >= 0.6 is 0 Å². The second-order valence-corrected chi connectivity index (χ2v) is 7.21. The van der Waals surface area contributed by atoms with Crippen LogP contribution in [0.25, 0.3) is 0 Å². The van der Waals surface area contributed by atoms with Crippen molar-refractivity contribution >= 4 is 0 Å². The van der Waals surface area contributed by atoms with E-state index in [-0.39, 0.29) is 17.6 Å². The molecule has 3 atom stereocenters. The quantitative estimate of drug-likeness (QED) is 0.920. The van der Waals surface area contributed by atoms with Gasteiger partial charge in [0.25, 0.3) is 0 Å². The molecule has 5 nitrogen and oxygen atoms in total. The summed E-state index contributed by atoms with van der Waals surface area (Å²) in [5.41, 5.74) is 8.52. The minimum absolute atomic E-state index is 0.0165. The number of nitrogens with two attached hydrogens (primary N) is 1. The predicted octanol–water partition coefficient (Wildman–Crippen LogP) is 1.83. The van der Waals surface area contributed by atoms with Gasteiger partial charge in [0.2, 0.25) is 0 Å². The van der Waals surface area contributed by atoms with Crippen molar-refractivity contribution in [3.05, 3.63) is 17.5 Å². The molecular weight excluding hydrogens is 264 g/mol. The van der Waals surface area contributed by atoms with Gasteiger partial charge in [0, 0.05) is 43.4 Å². The Hall–Kier alpha value is -0.910. The Morgan fingerprint density at radius 2 is 2.19 bits per heavy atom. The van der Waals surface area contributed by atoms with Gasteiger partial charge in [-0.3, -0.25) is 9.58 Å². The lowest BCUT2D eigenvalue weighted by molar-refractivity contribution is 0.0683. The molecule has 0 aliphatic carbocycles. The molecule has 1 fully saturated rings. The van der Waals surface area contributed by atoms with Crippen LogP contribution in [0.5, 0.6) is 0 Å². The number of nitrogens with zero attached hydrogens (tertiary/aromatic N) is 3. The molecule has 1 aromatic heterocycles. The summed E-state index contributed by atoms with van der Waals surface area (Å²) in [5.74, 6) is 0. The first kappa shape index (κ1) is 16.5. The van der Waals surface area contributed by atoms with Gasteiger partial charge in [0.05, 0.1) is 17.8 Å². The van der Waals surface area contributed by atoms with Crippen LogP contribution in [0.15, 0.2) is 6.20 Å². The molecule has 2 rings (SSSR count). The van der Waals surface area contributed by atoms with Crippen molar-refractivity contribution in [2.24, 2.45) is 12.8 Å². The summed E-state index contributed by atoms with van der Waals surface area (Å²) >= 11 is 0. The molecule has 1 aromatic rings. The molecule has 0 radical (unpaired) electrons. The summed E-state index contributed by atoms with van der Waals surface area (Å²) in [4.78, 5) is 2.38. The Bertz CT molecular complexity index is 477. The van der Waals surface area contributed by atoms with Gasteiger partial charge in [0.1, 0.15) is 0 Å². The Morgan fingerprint density at radius 3 is 2.67 bits per heavy atom. The smallest absolute Gasteiger partial charge is 0.0726 e. The maximum absolute atomic E-state index is 6.12. The van der Waals surface area contributed by atoms with Crippen molar-refractivity contribution in [1.82, 2.24) is 14.7 Å². The highest BCUT2D eigenvalue weighted by atomic mass is 16.5. The van der Waals surface area contributed by atoms with E-state index in [0.29, 0.717) is 12.6 Å². The number of aryl methyl sites for hydroxylation is 1. The lowest BCUT2D eigenvalue weighted by Crippen LogP contribution is -2.42. The fraction of sp³-hybridized carbons (Fsp3) is 0.812. The fourth-order valence-corrected chi connectivity index (χ4v) is 3.33. The van der Waals surface area contributed by atoms with E-state index in [1.807, 2.05) is 11.7 Å². The highest BCUT2D eigenvalue weighted by Gasteiger charge is 2.35. The molecule has 2 N–H and O–H groups in total. The van der Waals surface area contributed by atoms with Crippen LogP contribution in [-0.2, 0) is 17.2 Å². The Labute approximate surface area is 128 Å². The summed E-state index contributed by atoms with van der Waals surface area (Å²) in [7, 11) is 4.14. The van der Waals surface area contributed by atoms with Crippen LogP contribution in [0.1, 0.15) is 51.4 Å². The molecule has 5 heteroatoms. The molecule has 0 amide bonds. The molecule has 1 aliphatic rings. The third kappa shape index (κ3) is 3.30. The number of ether oxygens (including phenoxy) is 1. The van der Waals surface area contributed by atoms with Crippen molar-refractivity contribution < 1.29 is 4.74 Å². The fourth-order valence-electron chi connectivity index (χ4n) is 3.33. The number of likely N-dealkylation sites (N-methyl/N-ethyl adjacent to an activating group) is 1. The van der Waals surface area contributed by atoms with Crippen molar-refractivity contribution in [1.29, 1.82) is 0 Å². The van der Waals surface area contributed by atoms with Crippen LogP contribution in [0.3, 0.4) is 0 Å². The monoisotopic (exact) mass is 294 g/mol. The highest BCUT2D eigenvalue weighted by molar-refractivity contribution is 5.28. The van der Waals surface area contributed by atoms with Crippen molar-refractivity contribution in [2.45, 2.75) is 57.7 Å². The summed E-state index contributed by atoms with van der Waals surface area (Å²) in [6.45, 7) is 10.2. The van der Waals surface area contributed by atoms with Gasteiger partial charge in [-0.05, 0) is 20.4 Å². The van der Waals surface area contributed by atoms with Gasteiger partial charge >= 0.3 is 0 Å². The molecule has 0 saturated carbocycles. The second-order valence-electron chi connectivity index (χ2n) is 7.21. The number of rotatable bonds is 4. The highest BCUT2D eigenvalue weighted by Crippen LogP contribution is 2.33. The van der Waals surface area contributed by atoms with E-state index in [2.05, 4.69) is 50.9 Å². The molecule has 3 unspecified atom stereocenters. The van der Waals surface area contributed by atoms with Gasteiger partial charge in [-0.15, -0.1) is 0 Å². The topological polar surface area (TPSA) is 56.3 Å². The predicted molar refractivity (Wildman–Crippen MR) is 85.3 cm³/mol. The molecule has 0 aromatic carbocycles. The lowest BCUT2D eigenvalue weighted by atomic mass is 9.87. The number of hydrogen-bond acceptors (Lipinski definition) is 4. The Morgan fingerprint density at radius 1 is 1.52 bits per heavy atom. The van der Waals surface area contributed by atoms with Gasteiger partial charge < -0.3 is 10.5 Å². The number of hydrogen-bond donors (Lipinski definition) is 1. The van der Waals surface area contributed by atoms with Gasteiger partial charge in [-0.2, -0.15) is 5.10 Å². The van der Waals surface area contributed by atoms with E-state index in [9.17, 15) is 0 Å². The average Bonchev–Trinajstić information content (AvgIpc) is 2.96. The van der Waals surface area contributed by atoms with Crippen LogP contribution < -0.4 is 5.73 Å². The van der Waals surface area contributed by atoms with Crippen LogP contribution in [0.2, 0.25) is 0 Å². The first-order valence-electron chi connectivity index (χ1n) is 7.83. The van der Waals surface area contributed by atoms with E-state index in [4.69, 9.17) is 10.5 Å². The zero-order valence-electron chi connectivity index (χ0n) is 14.3. The minimum atomic E-state index is 0.0165. The van der Waals surface area contributed by atoms with Crippen molar-refractivity contribution in [3.8, 4) is 0 Å². The summed E-state index contributed by atoms with van der Waals surface area (Å²) < 4.78 is 7.62. The minimum Gasteiger partial charge on any atom is -0.377 e. The van der Waals surface area contributed by atoms with E-state index in [1.54, 1.807) is 0 Å². The first-order valence-corrected chi connectivity index (χ1v) is 7.83.